The fraction of sp³-hybridized carbons (Fsp3) is 0.286. The lowest BCUT2D eigenvalue weighted by Crippen LogP contribution is -2.20. The van der Waals surface area contributed by atoms with Crippen LogP contribution in [0.15, 0.2) is 23.3 Å². The molecule has 2 rings (SSSR count). The molecule has 0 amide bonds. The van der Waals surface area contributed by atoms with E-state index >= 15 is 0 Å². The first-order chi connectivity index (χ1) is 8.47. The van der Waals surface area contributed by atoms with Gasteiger partial charge in [0.25, 0.3) is 0 Å². The summed E-state index contributed by atoms with van der Waals surface area (Å²) in [6.45, 7) is 5.38. The van der Waals surface area contributed by atoms with Crippen LogP contribution in [0.2, 0.25) is 0 Å². The van der Waals surface area contributed by atoms with Gasteiger partial charge in [0.2, 0.25) is 0 Å². The molecule has 0 aliphatic heterocycles. The molecule has 4 heteroatoms. The third-order valence-electron chi connectivity index (χ3n) is 3.10. The van der Waals surface area contributed by atoms with Crippen molar-refractivity contribution in [2.24, 2.45) is 0 Å². The van der Waals surface area contributed by atoms with Gasteiger partial charge < -0.3 is 9.84 Å². The van der Waals surface area contributed by atoms with E-state index in [0.717, 1.165) is 0 Å². The summed E-state index contributed by atoms with van der Waals surface area (Å²) in [5.41, 5.74) is 1.31. The highest BCUT2D eigenvalue weighted by atomic mass is 16.5. The third-order valence-corrected chi connectivity index (χ3v) is 3.10. The molecule has 0 aromatic heterocycles. The molecule has 0 saturated heterocycles. The van der Waals surface area contributed by atoms with Crippen LogP contribution >= 0.6 is 0 Å². The normalized spacial score (nSPS) is 14.8. The molecule has 0 radical (unpaired) electrons. The Morgan fingerprint density at radius 1 is 1.11 bits per heavy atom. The molecule has 0 fully saturated rings. The van der Waals surface area contributed by atoms with Crippen molar-refractivity contribution in [2.75, 3.05) is 6.61 Å². The summed E-state index contributed by atoms with van der Waals surface area (Å²) in [7, 11) is 0. The van der Waals surface area contributed by atoms with Crippen molar-refractivity contribution in [1.29, 1.82) is 0 Å². The van der Waals surface area contributed by atoms with Crippen LogP contribution in [-0.2, 0) is 0 Å². The van der Waals surface area contributed by atoms with E-state index in [0.29, 0.717) is 17.8 Å². The van der Waals surface area contributed by atoms with Gasteiger partial charge in [-0.3, -0.25) is 9.59 Å². The van der Waals surface area contributed by atoms with Crippen LogP contribution in [-0.4, -0.2) is 23.3 Å². The van der Waals surface area contributed by atoms with Crippen LogP contribution in [0.3, 0.4) is 0 Å². The van der Waals surface area contributed by atoms with Gasteiger partial charge in [-0.25, -0.2) is 0 Å². The van der Waals surface area contributed by atoms with Crippen LogP contribution in [0.25, 0.3) is 0 Å². The zero-order valence-corrected chi connectivity index (χ0v) is 10.5. The quantitative estimate of drug-likeness (QED) is 0.870. The average Bonchev–Trinajstić information content (AvgIpc) is 2.33. The van der Waals surface area contributed by atoms with E-state index in [1.807, 2.05) is 0 Å². The number of carbonyl (C=O) groups excluding carboxylic acids is 2. The van der Waals surface area contributed by atoms with Crippen molar-refractivity contribution in [2.45, 2.75) is 20.8 Å². The smallest absolute Gasteiger partial charge is 0.193 e. The number of carbonyl (C=O) groups is 2. The second-order valence-corrected chi connectivity index (χ2v) is 4.21. The number of Topliss-reactive ketones (excluding diaryl/α,β-unsaturated/α-hetero) is 2. The maximum Gasteiger partial charge on any atom is 0.193 e. The second-order valence-electron chi connectivity index (χ2n) is 4.21. The summed E-state index contributed by atoms with van der Waals surface area (Å²) in [6.07, 6.45) is 0. The standard InChI is InChI=1S/C14H14O4/c1-4-18-11-6-9(15)5-10-12(11)14(17)8(3)7(2)13(10)16/h5-6,15H,4H2,1-3H3. The maximum atomic E-state index is 12.2. The lowest BCUT2D eigenvalue weighted by molar-refractivity contribution is 0.0971. The molecule has 1 aromatic carbocycles. The predicted molar refractivity (Wildman–Crippen MR) is 66.3 cm³/mol. The lowest BCUT2D eigenvalue weighted by atomic mass is 9.84. The molecule has 1 aliphatic rings. The van der Waals surface area contributed by atoms with Gasteiger partial charge in [-0.1, -0.05) is 0 Å². The number of rotatable bonds is 2. The van der Waals surface area contributed by atoms with Gasteiger partial charge in [0.15, 0.2) is 11.6 Å². The Labute approximate surface area is 105 Å². The van der Waals surface area contributed by atoms with Crippen molar-refractivity contribution in [3.8, 4) is 11.5 Å². The Morgan fingerprint density at radius 2 is 1.72 bits per heavy atom. The summed E-state index contributed by atoms with van der Waals surface area (Å²) in [5.74, 6) is -0.270. The Bertz CT molecular complexity index is 582. The Morgan fingerprint density at radius 3 is 2.33 bits per heavy atom. The van der Waals surface area contributed by atoms with Crippen molar-refractivity contribution in [3.63, 3.8) is 0 Å². The van der Waals surface area contributed by atoms with Crippen molar-refractivity contribution in [1.82, 2.24) is 0 Å². The van der Waals surface area contributed by atoms with E-state index in [4.69, 9.17) is 4.74 Å². The molecule has 1 aliphatic carbocycles. The molecule has 94 valence electrons. The summed E-state index contributed by atoms with van der Waals surface area (Å²) < 4.78 is 5.33. The first-order valence-electron chi connectivity index (χ1n) is 5.74. The maximum absolute atomic E-state index is 12.2. The van der Waals surface area contributed by atoms with Gasteiger partial charge in [-0.2, -0.15) is 0 Å². The van der Waals surface area contributed by atoms with Crippen LogP contribution in [0, 0.1) is 0 Å². The zero-order valence-electron chi connectivity index (χ0n) is 10.5. The minimum atomic E-state index is -0.237. The first kappa shape index (κ1) is 12.4. The van der Waals surface area contributed by atoms with Gasteiger partial charge in [0, 0.05) is 22.8 Å². The van der Waals surface area contributed by atoms with Crippen molar-refractivity contribution >= 4 is 11.6 Å². The summed E-state index contributed by atoms with van der Waals surface area (Å²) in [4.78, 5) is 24.3. The third kappa shape index (κ3) is 1.70. The summed E-state index contributed by atoms with van der Waals surface area (Å²) in [5, 5.41) is 9.59. The molecule has 0 atom stereocenters. The molecule has 0 unspecified atom stereocenters. The molecule has 0 saturated carbocycles. The van der Waals surface area contributed by atoms with Gasteiger partial charge in [-0.15, -0.1) is 0 Å². The number of ether oxygens (including phenoxy) is 1. The Kier molecular flexibility index (Phi) is 2.95. The van der Waals surface area contributed by atoms with Crippen LogP contribution in [0.4, 0.5) is 0 Å². The molecule has 1 N–H and O–H groups in total. The molecule has 1 aromatic rings. The van der Waals surface area contributed by atoms with E-state index < -0.39 is 0 Å². The van der Waals surface area contributed by atoms with Crippen molar-refractivity contribution in [3.05, 3.63) is 34.4 Å². The van der Waals surface area contributed by atoms with E-state index in [2.05, 4.69) is 0 Å². The summed E-state index contributed by atoms with van der Waals surface area (Å²) in [6, 6.07) is 2.68. The van der Waals surface area contributed by atoms with E-state index in [1.54, 1.807) is 20.8 Å². The van der Waals surface area contributed by atoms with E-state index in [9.17, 15) is 14.7 Å². The van der Waals surface area contributed by atoms with Gasteiger partial charge >= 0.3 is 0 Å². The molecular weight excluding hydrogens is 232 g/mol. The molecule has 0 spiro atoms. The fourth-order valence-electron chi connectivity index (χ4n) is 2.01. The second kappa shape index (κ2) is 4.29. The highest BCUT2D eigenvalue weighted by molar-refractivity contribution is 6.27. The fourth-order valence-corrected chi connectivity index (χ4v) is 2.01. The number of fused-ring (bicyclic) bond motifs is 1. The largest absolute Gasteiger partial charge is 0.508 e. The van der Waals surface area contributed by atoms with Crippen molar-refractivity contribution < 1.29 is 19.4 Å². The number of allylic oxidation sites excluding steroid dienone is 2. The number of phenols is 1. The van der Waals surface area contributed by atoms with Crippen LogP contribution < -0.4 is 4.74 Å². The number of hydrogen-bond acceptors (Lipinski definition) is 4. The van der Waals surface area contributed by atoms with E-state index in [1.165, 1.54) is 12.1 Å². The minimum Gasteiger partial charge on any atom is -0.508 e. The molecule has 0 bridgehead atoms. The number of aromatic hydroxyl groups is 1. The summed E-state index contributed by atoms with van der Waals surface area (Å²) >= 11 is 0. The zero-order chi connectivity index (χ0) is 13.4. The lowest BCUT2D eigenvalue weighted by Gasteiger charge is -2.19. The van der Waals surface area contributed by atoms with E-state index in [-0.39, 0.29) is 34.2 Å². The van der Waals surface area contributed by atoms with Gasteiger partial charge in [-0.05, 0) is 26.8 Å². The molecular formula is C14H14O4. The molecule has 4 nitrogen and oxygen atoms in total. The van der Waals surface area contributed by atoms with Crippen LogP contribution in [0.1, 0.15) is 41.5 Å². The minimum absolute atomic E-state index is 0.0781. The predicted octanol–water partition coefficient (Wildman–Crippen LogP) is 2.51. The molecule has 0 heterocycles. The van der Waals surface area contributed by atoms with Gasteiger partial charge in [0.05, 0.1) is 12.2 Å². The highest BCUT2D eigenvalue weighted by Crippen LogP contribution is 2.35. The topological polar surface area (TPSA) is 63.6 Å². The SMILES string of the molecule is CCOc1cc(O)cc2c1C(=O)C(C)=C(C)C2=O. The number of phenolic OH excluding ortho intramolecular Hbond substituents is 1. The van der Waals surface area contributed by atoms with Gasteiger partial charge in [0.1, 0.15) is 11.5 Å². The Hall–Kier alpha value is -2.10. The monoisotopic (exact) mass is 246 g/mol. The number of benzene rings is 1. The number of hydrogen-bond donors (Lipinski definition) is 1. The number of ketones is 2. The first-order valence-corrected chi connectivity index (χ1v) is 5.74. The average molecular weight is 246 g/mol. The van der Waals surface area contributed by atoms with Crippen LogP contribution in [0.5, 0.6) is 11.5 Å². The molecule has 18 heavy (non-hydrogen) atoms. The highest BCUT2D eigenvalue weighted by Gasteiger charge is 2.31. The Balaban J connectivity index is 2.73.